The maximum Gasteiger partial charge on any atom is 0.251 e. The molecule has 6 nitrogen and oxygen atoms in total. The van der Waals surface area contributed by atoms with Gasteiger partial charge in [-0.2, -0.15) is 5.10 Å². The topological polar surface area (TPSA) is 70.2 Å². The van der Waals surface area contributed by atoms with Gasteiger partial charge in [-0.15, -0.1) is 0 Å². The first-order chi connectivity index (χ1) is 18.9. The van der Waals surface area contributed by atoms with Gasteiger partial charge in [0.15, 0.2) is 0 Å². The highest BCUT2D eigenvalue weighted by Gasteiger charge is 2.39. The van der Waals surface area contributed by atoms with Gasteiger partial charge in [0.2, 0.25) is 0 Å². The molecule has 2 saturated heterocycles. The van der Waals surface area contributed by atoms with Crippen molar-refractivity contribution in [3.63, 3.8) is 0 Å². The van der Waals surface area contributed by atoms with Crippen molar-refractivity contribution in [2.45, 2.75) is 63.8 Å². The number of benzene rings is 3. The van der Waals surface area contributed by atoms with Gasteiger partial charge in [-0.25, -0.2) is 0 Å². The summed E-state index contributed by atoms with van der Waals surface area (Å²) in [5, 5.41) is 12.4. The van der Waals surface area contributed by atoms with Gasteiger partial charge < -0.3 is 15.0 Å². The number of nitrogens with zero attached hydrogens (tertiary/aromatic N) is 2. The van der Waals surface area contributed by atoms with Crippen molar-refractivity contribution in [2.75, 3.05) is 7.05 Å². The van der Waals surface area contributed by atoms with Crippen LogP contribution in [-0.2, 0) is 0 Å². The molecule has 2 bridgehead atoms. The normalized spacial score (nSPS) is 21.8. The largest absolute Gasteiger partial charge is 0.490 e. The van der Waals surface area contributed by atoms with E-state index in [4.69, 9.17) is 16.3 Å². The highest BCUT2D eigenvalue weighted by atomic mass is 35.5. The Morgan fingerprint density at radius 1 is 1.05 bits per heavy atom. The van der Waals surface area contributed by atoms with Gasteiger partial charge in [0.05, 0.1) is 17.3 Å². The zero-order chi connectivity index (χ0) is 27.1. The van der Waals surface area contributed by atoms with E-state index in [2.05, 4.69) is 41.3 Å². The van der Waals surface area contributed by atoms with Gasteiger partial charge in [0, 0.05) is 33.6 Å². The summed E-state index contributed by atoms with van der Waals surface area (Å²) < 4.78 is 6.38. The van der Waals surface area contributed by atoms with Crippen molar-refractivity contribution in [2.24, 2.45) is 5.92 Å². The van der Waals surface area contributed by atoms with Crippen molar-refractivity contribution >= 4 is 28.4 Å². The van der Waals surface area contributed by atoms with E-state index in [1.54, 1.807) is 0 Å². The highest BCUT2D eigenvalue weighted by molar-refractivity contribution is 6.31. The third kappa shape index (κ3) is 5.15. The minimum absolute atomic E-state index is 0.140. The van der Waals surface area contributed by atoms with E-state index in [1.165, 1.54) is 12.8 Å². The van der Waals surface area contributed by atoms with E-state index in [0.717, 1.165) is 46.3 Å². The fraction of sp³-hybridized carbons (Fsp3) is 0.375. The first kappa shape index (κ1) is 25.9. The van der Waals surface area contributed by atoms with Gasteiger partial charge in [0.25, 0.3) is 5.91 Å². The molecule has 1 unspecified atom stereocenters. The van der Waals surface area contributed by atoms with Gasteiger partial charge in [-0.1, -0.05) is 43.6 Å². The molecule has 3 aromatic carbocycles. The number of fused-ring (bicyclic) bond motifs is 3. The molecule has 0 spiro atoms. The molecule has 2 fully saturated rings. The number of piperidine rings is 1. The molecule has 2 N–H and O–H groups in total. The summed E-state index contributed by atoms with van der Waals surface area (Å²) in [4.78, 5) is 15.9. The Morgan fingerprint density at radius 2 is 1.77 bits per heavy atom. The first-order valence-corrected chi connectivity index (χ1v) is 14.3. The zero-order valence-electron chi connectivity index (χ0n) is 22.7. The third-order valence-electron chi connectivity index (χ3n) is 8.50. The lowest BCUT2D eigenvalue weighted by molar-refractivity contribution is 0.0662. The standard InChI is InChI=1S/C32H35ClN4O2/c1-19(2)30(26-6-4-5-7-28(26)33)34-32(38)21-10-15-29-27(16-21)31(36-35-29)20-8-13-24(14-9-20)39-25-17-22-11-12-23(18-25)37(22)3/h4-10,13-16,19,22-23,25,30H,11-12,17-18H2,1-3H3,(H,34,38)(H,35,36)/t22-,23+,25?,30-/m0/s1. The van der Waals surface area contributed by atoms with Crippen molar-refractivity contribution in [3.8, 4) is 17.0 Å². The Hall–Kier alpha value is -3.35. The maximum atomic E-state index is 13.4. The van der Waals surface area contributed by atoms with Gasteiger partial charge in [0.1, 0.15) is 11.9 Å². The summed E-state index contributed by atoms with van der Waals surface area (Å²) in [5.41, 5.74) is 4.18. The van der Waals surface area contributed by atoms with Crippen LogP contribution in [0.3, 0.4) is 0 Å². The second-order valence-corrected chi connectivity index (χ2v) is 11.7. The molecule has 0 radical (unpaired) electrons. The molecule has 2 aliphatic rings. The molecule has 0 aliphatic carbocycles. The summed E-state index contributed by atoms with van der Waals surface area (Å²) in [7, 11) is 2.25. The van der Waals surface area contributed by atoms with E-state index in [1.807, 2.05) is 66.7 Å². The van der Waals surface area contributed by atoms with Crippen molar-refractivity contribution in [1.29, 1.82) is 0 Å². The van der Waals surface area contributed by atoms with Crippen LogP contribution in [0, 0.1) is 5.92 Å². The van der Waals surface area contributed by atoms with Crippen LogP contribution in [0.25, 0.3) is 22.2 Å². The second kappa shape index (κ2) is 10.7. The Morgan fingerprint density at radius 3 is 2.46 bits per heavy atom. The van der Waals surface area contributed by atoms with Crippen LogP contribution >= 0.6 is 11.6 Å². The van der Waals surface area contributed by atoms with E-state index in [-0.39, 0.29) is 24.0 Å². The molecule has 39 heavy (non-hydrogen) atoms. The highest BCUT2D eigenvalue weighted by Crippen LogP contribution is 2.36. The lowest BCUT2D eigenvalue weighted by Gasteiger charge is -2.36. The fourth-order valence-electron chi connectivity index (χ4n) is 6.27. The molecule has 3 heterocycles. The second-order valence-electron chi connectivity index (χ2n) is 11.3. The van der Waals surface area contributed by atoms with Crippen molar-refractivity contribution in [3.05, 3.63) is 82.9 Å². The number of nitrogens with one attached hydrogen (secondary N) is 2. The minimum Gasteiger partial charge on any atom is -0.490 e. The Kier molecular flexibility index (Phi) is 7.08. The van der Waals surface area contributed by atoms with Gasteiger partial charge in [-0.05, 0) is 92.7 Å². The quantitative estimate of drug-likeness (QED) is 0.263. The fourth-order valence-corrected chi connectivity index (χ4v) is 6.53. The number of ether oxygens (including phenoxy) is 1. The average Bonchev–Trinajstić information content (AvgIpc) is 3.43. The molecule has 4 atom stereocenters. The lowest BCUT2D eigenvalue weighted by atomic mass is 9.95. The minimum atomic E-state index is -0.196. The number of H-pyrrole nitrogens is 1. The molecular formula is C32H35ClN4O2. The maximum absolute atomic E-state index is 13.4. The van der Waals surface area contributed by atoms with Crippen LogP contribution in [0.4, 0.5) is 0 Å². The van der Waals surface area contributed by atoms with Gasteiger partial charge in [-0.3, -0.25) is 9.89 Å². The number of carbonyl (C=O) groups excluding carboxylic acids is 1. The number of hydrogen-bond donors (Lipinski definition) is 2. The average molecular weight is 543 g/mol. The molecule has 4 aromatic rings. The molecule has 7 heteroatoms. The number of aromatic nitrogens is 2. The Bertz CT molecular complexity index is 1470. The number of hydrogen-bond acceptors (Lipinski definition) is 4. The molecule has 6 rings (SSSR count). The summed E-state index contributed by atoms with van der Waals surface area (Å²) in [6.07, 6.45) is 5.03. The Balaban J connectivity index is 1.20. The van der Waals surface area contributed by atoms with Crippen molar-refractivity contribution in [1.82, 2.24) is 20.4 Å². The molecule has 2 aliphatic heterocycles. The molecule has 1 aromatic heterocycles. The number of halogens is 1. The number of rotatable bonds is 7. The summed E-state index contributed by atoms with van der Waals surface area (Å²) in [5.74, 6) is 0.929. The summed E-state index contributed by atoms with van der Waals surface area (Å²) in [6.45, 7) is 4.16. The lowest BCUT2D eigenvalue weighted by Crippen LogP contribution is -2.43. The number of carbonyl (C=O) groups is 1. The number of amides is 1. The van der Waals surface area contributed by atoms with E-state index in [9.17, 15) is 4.79 Å². The van der Waals surface area contributed by atoms with E-state index in [0.29, 0.717) is 22.7 Å². The Labute approximate surface area is 234 Å². The SMILES string of the molecule is CC(C)[C@H](NC(=O)c1ccc2[nH]nc(-c3ccc(OC4C[C@H]5CC[C@@H](C4)N5C)cc3)c2c1)c1ccccc1Cl. The molecule has 202 valence electrons. The zero-order valence-corrected chi connectivity index (χ0v) is 23.4. The molecule has 0 saturated carbocycles. The van der Waals surface area contributed by atoms with E-state index < -0.39 is 0 Å². The van der Waals surface area contributed by atoms with Crippen LogP contribution in [0.15, 0.2) is 66.7 Å². The molecule has 1 amide bonds. The predicted octanol–water partition coefficient (Wildman–Crippen LogP) is 7.01. The van der Waals surface area contributed by atoms with Crippen LogP contribution < -0.4 is 10.1 Å². The van der Waals surface area contributed by atoms with Crippen molar-refractivity contribution < 1.29 is 9.53 Å². The summed E-state index contributed by atoms with van der Waals surface area (Å²) >= 11 is 6.46. The van der Waals surface area contributed by atoms with Crippen LogP contribution in [0.1, 0.15) is 61.5 Å². The van der Waals surface area contributed by atoms with Crippen LogP contribution in [0.2, 0.25) is 5.02 Å². The predicted molar refractivity (Wildman–Crippen MR) is 156 cm³/mol. The van der Waals surface area contributed by atoms with E-state index >= 15 is 0 Å². The third-order valence-corrected chi connectivity index (χ3v) is 8.85. The summed E-state index contributed by atoms with van der Waals surface area (Å²) in [6, 6.07) is 22.6. The van der Waals surface area contributed by atoms with Crippen LogP contribution in [0.5, 0.6) is 5.75 Å². The van der Waals surface area contributed by atoms with Gasteiger partial charge >= 0.3 is 0 Å². The van der Waals surface area contributed by atoms with Crippen LogP contribution in [-0.4, -0.2) is 46.2 Å². The first-order valence-electron chi connectivity index (χ1n) is 13.9. The number of aromatic amines is 1. The molecular weight excluding hydrogens is 508 g/mol. The monoisotopic (exact) mass is 542 g/mol. The smallest absolute Gasteiger partial charge is 0.251 e.